The highest BCUT2D eigenvalue weighted by Crippen LogP contribution is 2.24. The van der Waals surface area contributed by atoms with E-state index in [9.17, 15) is 4.79 Å². The van der Waals surface area contributed by atoms with Crippen molar-refractivity contribution < 1.29 is 9.53 Å². The van der Waals surface area contributed by atoms with Gasteiger partial charge in [0.05, 0.1) is 13.7 Å². The average molecular weight is 266 g/mol. The van der Waals surface area contributed by atoms with Crippen LogP contribution in [-0.2, 0) is 9.53 Å². The first kappa shape index (κ1) is 13.8. The van der Waals surface area contributed by atoms with Crippen molar-refractivity contribution in [2.45, 2.75) is 31.7 Å². The molecule has 0 unspecified atom stereocenters. The van der Waals surface area contributed by atoms with E-state index in [1.54, 1.807) is 0 Å². The Bertz CT molecular complexity index is 263. The standard InChI is InChI=1S/C11H17Cl2NO2/c1-16-11(15)8-14(7-9(13)6-12)10-4-2-3-5-10/h6,10H,2-5,7-8H2,1H3. The van der Waals surface area contributed by atoms with Crippen molar-refractivity contribution in [2.75, 3.05) is 20.2 Å². The maximum absolute atomic E-state index is 11.3. The molecule has 0 radical (unpaired) electrons. The van der Waals surface area contributed by atoms with E-state index in [4.69, 9.17) is 23.2 Å². The van der Waals surface area contributed by atoms with Crippen LogP contribution in [0.2, 0.25) is 0 Å². The summed E-state index contributed by atoms with van der Waals surface area (Å²) in [5.41, 5.74) is 1.35. The quantitative estimate of drug-likeness (QED) is 0.716. The minimum atomic E-state index is -0.231. The normalized spacial score (nSPS) is 18.1. The number of nitrogens with zero attached hydrogens (tertiary/aromatic N) is 1. The maximum atomic E-state index is 11.3. The third-order valence-corrected chi connectivity index (χ3v) is 3.48. The van der Waals surface area contributed by atoms with Gasteiger partial charge in [0.15, 0.2) is 0 Å². The van der Waals surface area contributed by atoms with Gasteiger partial charge in [-0.1, -0.05) is 36.0 Å². The Morgan fingerprint density at radius 2 is 2.06 bits per heavy atom. The summed E-state index contributed by atoms with van der Waals surface area (Å²) in [5.74, 6) is -0.231. The first-order valence-electron chi connectivity index (χ1n) is 5.43. The van der Waals surface area contributed by atoms with Crippen LogP contribution in [0.5, 0.6) is 0 Å². The molecule has 0 spiro atoms. The summed E-state index contributed by atoms with van der Waals surface area (Å²) in [6, 6.07) is 0.421. The molecule has 0 saturated heterocycles. The Kier molecular flexibility index (Phi) is 6.17. The van der Waals surface area contributed by atoms with Crippen LogP contribution in [-0.4, -0.2) is 37.1 Å². The number of carbonyl (C=O) groups is 1. The fourth-order valence-electron chi connectivity index (χ4n) is 2.04. The Morgan fingerprint density at radius 1 is 1.44 bits per heavy atom. The summed E-state index contributed by atoms with van der Waals surface area (Å²) in [7, 11) is 1.40. The molecule has 0 heterocycles. The lowest BCUT2D eigenvalue weighted by molar-refractivity contribution is -0.142. The van der Waals surface area contributed by atoms with Crippen LogP contribution >= 0.6 is 23.2 Å². The molecular formula is C11H17Cl2NO2. The molecule has 1 aliphatic carbocycles. The number of hydrogen-bond donors (Lipinski definition) is 0. The lowest BCUT2D eigenvalue weighted by atomic mass is 10.2. The lowest BCUT2D eigenvalue weighted by Crippen LogP contribution is -2.38. The predicted octanol–water partition coefficient (Wildman–Crippen LogP) is 2.72. The van der Waals surface area contributed by atoms with Crippen molar-refractivity contribution in [2.24, 2.45) is 0 Å². The second-order valence-corrected chi connectivity index (χ2v) is 4.68. The van der Waals surface area contributed by atoms with Crippen molar-refractivity contribution in [1.82, 2.24) is 4.90 Å². The third kappa shape index (κ3) is 4.32. The van der Waals surface area contributed by atoms with E-state index < -0.39 is 0 Å². The average Bonchev–Trinajstić information content (AvgIpc) is 2.81. The van der Waals surface area contributed by atoms with Gasteiger partial charge in [-0.3, -0.25) is 9.69 Å². The van der Waals surface area contributed by atoms with Crippen LogP contribution in [0.25, 0.3) is 0 Å². The first-order chi connectivity index (χ1) is 7.67. The van der Waals surface area contributed by atoms with Gasteiger partial charge in [0.1, 0.15) is 0 Å². The van der Waals surface area contributed by atoms with Gasteiger partial charge in [0.25, 0.3) is 0 Å². The van der Waals surface area contributed by atoms with Gasteiger partial charge in [-0.05, 0) is 12.8 Å². The van der Waals surface area contributed by atoms with E-state index in [1.165, 1.54) is 25.5 Å². The van der Waals surface area contributed by atoms with Crippen molar-refractivity contribution >= 4 is 29.2 Å². The molecule has 0 atom stereocenters. The van der Waals surface area contributed by atoms with Crippen LogP contribution in [0.1, 0.15) is 25.7 Å². The van der Waals surface area contributed by atoms with Gasteiger partial charge in [-0.25, -0.2) is 0 Å². The summed E-state index contributed by atoms with van der Waals surface area (Å²) in [6.45, 7) is 0.799. The third-order valence-electron chi connectivity index (χ3n) is 2.87. The Labute approximate surface area is 106 Å². The molecule has 1 fully saturated rings. The first-order valence-corrected chi connectivity index (χ1v) is 6.24. The van der Waals surface area contributed by atoms with Crippen molar-refractivity contribution in [3.8, 4) is 0 Å². The topological polar surface area (TPSA) is 29.5 Å². The molecule has 1 aliphatic rings. The van der Waals surface area contributed by atoms with E-state index in [1.807, 2.05) is 4.90 Å². The SMILES string of the molecule is COC(=O)CN(CC(Cl)=CCl)C1CCCC1. The fourth-order valence-corrected chi connectivity index (χ4v) is 2.26. The monoisotopic (exact) mass is 265 g/mol. The highest BCUT2D eigenvalue weighted by molar-refractivity contribution is 6.36. The molecule has 16 heavy (non-hydrogen) atoms. The minimum Gasteiger partial charge on any atom is -0.468 e. The highest BCUT2D eigenvalue weighted by Gasteiger charge is 2.24. The number of carbonyl (C=O) groups excluding carboxylic acids is 1. The molecular weight excluding hydrogens is 249 g/mol. The second kappa shape index (κ2) is 7.15. The van der Waals surface area contributed by atoms with Crippen molar-refractivity contribution in [1.29, 1.82) is 0 Å². The number of ether oxygens (including phenoxy) is 1. The van der Waals surface area contributed by atoms with Crippen LogP contribution in [0.4, 0.5) is 0 Å². The van der Waals surface area contributed by atoms with E-state index in [2.05, 4.69) is 4.74 Å². The number of hydrogen-bond acceptors (Lipinski definition) is 3. The molecule has 92 valence electrons. The van der Waals surface area contributed by atoms with Gasteiger partial charge in [-0.2, -0.15) is 0 Å². The molecule has 5 heteroatoms. The molecule has 0 aromatic rings. The molecule has 0 amide bonds. The summed E-state index contributed by atoms with van der Waals surface area (Å²) in [4.78, 5) is 13.3. The molecule has 1 rings (SSSR count). The molecule has 0 bridgehead atoms. The predicted molar refractivity (Wildman–Crippen MR) is 65.6 cm³/mol. The summed E-state index contributed by atoms with van der Waals surface area (Å²) in [5, 5.41) is 0.553. The number of methoxy groups -OCH3 is 1. The van der Waals surface area contributed by atoms with Gasteiger partial charge < -0.3 is 4.74 Å². The zero-order valence-corrected chi connectivity index (χ0v) is 10.9. The Hall–Kier alpha value is -0.250. The van der Waals surface area contributed by atoms with Crippen LogP contribution in [0, 0.1) is 0 Å². The molecule has 0 aromatic carbocycles. The fraction of sp³-hybridized carbons (Fsp3) is 0.727. The van der Waals surface area contributed by atoms with E-state index in [-0.39, 0.29) is 12.5 Å². The second-order valence-electron chi connectivity index (χ2n) is 3.98. The minimum absolute atomic E-state index is 0.231. The van der Waals surface area contributed by atoms with Gasteiger partial charge >= 0.3 is 5.97 Å². The Balaban J connectivity index is 2.56. The summed E-state index contributed by atoms with van der Waals surface area (Å²) in [6.07, 6.45) is 4.65. The summed E-state index contributed by atoms with van der Waals surface area (Å²) < 4.78 is 4.68. The van der Waals surface area contributed by atoms with E-state index in [0.29, 0.717) is 17.6 Å². The smallest absolute Gasteiger partial charge is 0.319 e. The van der Waals surface area contributed by atoms with Gasteiger partial charge in [0.2, 0.25) is 0 Å². The van der Waals surface area contributed by atoms with Gasteiger partial charge in [-0.15, -0.1) is 0 Å². The molecule has 0 N–H and O–H groups in total. The zero-order chi connectivity index (χ0) is 12.0. The maximum Gasteiger partial charge on any atom is 0.319 e. The molecule has 0 aliphatic heterocycles. The number of esters is 1. The summed E-state index contributed by atoms with van der Waals surface area (Å²) >= 11 is 11.4. The lowest BCUT2D eigenvalue weighted by Gasteiger charge is -2.27. The number of rotatable bonds is 5. The molecule has 0 aromatic heterocycles. The van der Waals surface area contributed by atoms with E-state index >= 15 is 0 Å². The largest absolute Gasteiger partial charge is 0.468 e. The zero-order valence-electron chi connectivity index (χ0n) is 9.42. The van der Waals surface area contributed by atoms with Crippen LogP contribution in [0.15, 0.2) is 10.6 Å². The van der Waals surface area contributed by atoms with E-state index in [0.717, 1.165) is 12.8 Å². The van der Waals surface area contributed by atoms with Crippen molar-refractivity contribution in [3.05, 3.63) is 10.6 Å². The number of halogens is 2. The van der Waals surface area contributed by atoms with Crippen LogP contribution in [0.3, 0.4) is 0 Å². The Morgan fingerprint density at radius 3 is 2.56 bits per heavy atom. The van der Waals surface area contributed by atoms with Crippen molar-refractivity contribution in [3.63, 3.8) is 0 Å². The molecule has 1 saturated carbocycles. The van der Waals surface area contributed by atoms with Crippen LogP contribution < -0.4 is 0 Å². The van der Waals surface area contributed by atoms with Gasteiger partial charge in [0, 0.05) is 23.2 Å². The molecule has 3 nitrogen and oxygen atoms in total. The highest BCUT2D eigenvalue weighted by atomic mass is 35.5.